The SMILES string of the molecule is O=C(O)[C@H]1C[C@@H](NC2CCc3cc(OCc4c(Cl)cccc4Cl)ccc3C2)C1. The van der Waals surface area contributed by atoms with Gasteiger partial charge in [0.25, 0.3) is 0 Å². The van der Waals surface area contributed by atoms with E-state index in [1.807, 2.05) is 24.3 Å². The van der Waals surface area contributed by atoms with Crippen molar-refractivity contribution in [1.82, 2.24) is 5.32 Å². The third-order valence-electron chi connectivity index (χ3n) is 5.81. The Bertz CT molecular complexity index is 860. The number of rotatable bonds is 6. The summed E-state index contributed by atoms with van der Waals surface area (Å²) in [5.74, 6) is -0.0122. The van der Waals surface area contributed by atoms with Crippen LogP contribution in [0, 0.1) is 5.92 Å². The van der Waals surface area contributed by atoms with E-state index >= 15 is 0 Å². The Balaban J connectivity index is 1.33. The van der Waals surface area contributed by atoms with E-state index in [-0.39, 0.29) is 5.92 Å². The number of carboxylic acid groups (broad SMARTS) is 1. The van der Waals surface area contributed by atoms with Crippen LogP contribution in [0.15, 0.2) is 36.4 Å². The Labute approximate surface area is 174 Å². The maximum atomic E-state index is 10.9. The van der Waals surface area contributed by atoms with Gasteiger partial charge in [0.05, 0.1) is 5.92 Å². The number of hydrogen-bond donors (Lipinski definition) is 2. The summed E-state index contributed by atoms with van der Waals surface area (Å²) in [6, 6.07) is 12.4. The number of halogens is 2. The molecule has 0 aromatic heterocycles. The van der Waals surface area contributed by atoms with Gasteiger partial charge in [-0.3, -0.25) is 4.79 Å². The fourth-order valence-electron chi connectivity index (χ4n) is 4.08. The first-order valence-corrected chi connectivity index (χ1v) is 10.4. The van der Waals surface area contributed by atoms with Crippen molar-refractivity contribution in [2.75, 3.05) is 0 Å². The lowest BCUT2D eigenvalue weighted by Crippen LogP contribution is -2.49. The molecule has 0 bridgehead atoms. The molecule has 6 heteroatoms. The molecule has 2 N–H and O–H groups in total. The van der Waals surface area contributed by atoms with Gasteiger partial charge >= 0.3 is 5.97 Å². The van der Waals surface area contributed by atoms with E-state index < -0.39 is 5.97 Å². The zero-order valence-electron chi connectivity index (χ0n) is 15.5. The molecule has 148 valence electrons. The molecule has 0 heterocycles. The summed E-state index contributed by atoms with van der Waals surface area (Å²) in [7, 11) is 0. The first-order chi connectivity index (χ1) is 13.5. The lowest BCUT2D eigenvalue weighted by molar-refractivity contribution is -0.145. The number of carboxylic acids is 1. The molecule has 0 aliphatic heterocycles. The molecular formula is C22H23Cl2NO3. The second-order valence-electron chi connectivity index (χ2n) is 7.73. The maximum Gasteiger partial charge on any atom is 0.306 e. The largest absolute Gasteiger partial charge is 0.489 e. The smallest absolute Gasteiger partial charge is 0.306 e. The second kappa shape index (κ2) is 8.32. The molecule has 2 aromatic rings. The molecule has 1 fully saturated rings. The van der Waals surface area contributed by atoms with Crippen LogP contribution in [0.5, 0.6) is 5.75 Å². The lowest BCUT2D eigenvalue weighted by atomic mass is 9.79. The predicted molar refractivity (Wildman–Crippen MR) is 110 cm³/mol. The molecule has 4 rings (SSSR count). The van der Waals surface area contributed by atoms with Crippen LogP contribution >= 0.6 is 23.2 Å². The van der Waals surface area contributed by atoms with Crippen molar-refractivity contribution >= 4 is 29.2 Å². The summed E-state index contributed by atoms with van der Waals surface area (Å²) in [4.78, 5) is 10.9. The van der Waals surface area contributed by atoms with E-state index in [2.05, 4.69) is 17.4 Å². The van der Waals surface area contributed by atoms with Gasteiger partial charge in [-0.2, -0.15) is 0 Å². The molecule has 0 saturated heterocycles. The van der Waals surface area contributed by atoms with Crippen LogP contribution in [-0.2, 0) is 24.2 Å². The van der Waals surface area contributed by atoms with Gasteiger partial charge in [-0.05, 0) is 67.5 Å². The Hall–Kier alpha value is -1.75. The summed E-state index contributed by atoms with van der Waals surface area (Å²) >= 11 is 12.4. The summed E-state index contributed by atoms with van der Waals surface area (Å²) in [6.45, 7) is 0.341. The first kappa shape index (κ1) is 19.6. The third-order valence-corrected chi connectivity index (χ3v) is 6.52. The zero-order chi connectivity index (χ0) is 19.7. The van der Waals surface area contributed by atoms with Crippen LogP contribution in [0.3, 0.4) is 0 Å². The van der Waals surface area contributed by atoms with Gasteiger partial charge in [0.15, 0.2) is 0 Å². The topological polar surface area (TPSA) is 58.6 Å². The number of ether oxygens (including phenoxy) is 1. The summed E-state index contributed by atoms with van der Waals surface area (Å²) < 4.78 is 5.93. The fourth-order valence-corrected chi connectivity index (χ4v) is 4.58. The fraction of sp³-hybridized carbons (Fsp3) is 0.409. The van der Waals surface area contributed by atoms with Crippen LogP contribution < -0.4 is 10.1 Å². The van der Waals surface area contributed by atoms with Gasteiger partial charge in [-0.15, -0.1) is 0 Å². The number of hydrogen-bond acceptors (Lipinski definition) is 3. The zero-order valence-corrected chi connectivity index (χ0v) is 17.0. The van der Waals surface area contributed by atoms with Crippen molar-refractivity contribution in [2.24, 2.45) is 5.92 Å². The maximum absolute atomic E-state index is 10.9. The molecule has 2 aliphatic carbocycles. The molecule has 1 unspecified atom stereocenters. The molecule has 2 aliphatic rings. The Morgan fingerprint density at radius 2 is 1.86 bits per heavy atom. The van der Waals surface area contributed by atoms with Crippen LogP contribution in [0.1, 0.15) is 36.0 Å². The Kier molecular flexibility index (Phi) is 5.81. The minimum Gasteiger partial charge on any atom is -0.489 e. The minimum atomic E-state index is -0.669. The second-order valence-corrected chi connectivity index (χ2v) is 8.54. The highest BCUT2D eigenvalue weighted by molar-refractivity contribution is 6.35. The van der Waals surface area contributed by atoms with Crippen LogP contribution in [0.4, 0.5) is 0 Å². The molecule has 0 amide bonds. The average molecular weight is 420 g/mol. The summed E-state index contributed by atoms with van der Waals surface area (Å²) in [5.41, 5.74) is 3.45. The molecular weight excluding hydrogens is 397 g/mol. The molecule has 1 atom stereocenters. The van der Waals surface area contributed by atoms with Crippen LogP contribution in [0.2, 0.25) is 10.0 Å². The number of nitrogens with one attached hydrogen (secondary N) is 1. The van der Waals surface area contributed by atoms with Crippen molar-refractivity contribution in [1.29, 1.82) is 0 Å². The Morgan fingerprint density at radius 3 is 2.57 bits per heavy atom. The van der Waals surface area contributed by atoms with Crippen molar-refractivity contribution < 1.29 is 14.6 Å². The molecule has 28 heavy (non-hydrogen) atoms. The predicted octanol–water partition coefficient (Wildman–Crippen LogP) is 4.88. The van der Waals surface area contributed by atoms with Gasteiger partial charge in [0.2, 0.25) is 0 Å². The monoisotopic (exact) mass is 419 g/mol. The Morgan fingerprint density at radius 1 is 1.11 bits per heavy atom. The van der Waals surface area contributed by atoms with Crippen LogP contribution in [0.25, 0.3) is 0 Å². The molecule has 0 spiro atoms. The van der Waals surface area contributed by atoms with E-state index in [9.17, 15) is 4.79 Å². The van der Waals surface area contributed by atoms with Crippen molar-refractivity contribution in [3.63, 3.8) is 0 Å². The molecule has 1 saturated carbocycles. The summed E-state index contributed by atoms with van der Waals surface area (Å²) in [6.07, 6.45) is 4.51. The number of benzene rings is 2. The normalized spacial score (nSPS) is 23.6. The molecule has 2 aromatic carbocycles. The highest BCUT2D eigenvalue weighted by Crippen LogP contribution is 2.31. The van der Waals surface area contributed by atoms with E-state index in [4.69, 9.17) is 33.0 Å². The van der Waals surface area contributed by atoms with Crippen molar-refractivity contribution in [3.05, 3.63) is 63.1 Å². The van der Waals surface area contributed by atoms with Crippen LogP contribution in [-0.4, -0.2) is 23.2 Å². The van der Waals surface area contributed by atoms with E-state index in [0.717, 1.165) is 43.4 Å². The van der Waals surface area contributed by atoms with Crippen molar-refractivity contribution in [3.8, 4) is 5.75 Å². The number of carbonyl (C=O) groups is 1. The van der Waals surface area contributed by atoms with Gasteiger partial charge in [-0.1, -0.05) is 35.3 Å². The van der Waals surface area contributed by atoms with E-state index in [0.29, 0.717) is 28.7 Å². The number of aryl methyl sites for hydroxylation is 1. The molecule has 4 nitrogen and oxygen atoms in total. The third kappa shape index (κ3) is 4.29. The highest BCUT2D eigenvalue weighted by Gasteiger charge is 2.35. The van der Waals surface area contributed by atoms with Gasteiger partial charge < -0.3 is 15.2 Å². The van der Waals surface area contributed by atoms with E-state index in [1.54, 1.807) is 0 Å². The quantitative estimate of drug-likeness (QED) is 0.699. The number of fused-ring (bicyclic) bond motifs is 1. The van der Waals surface area contributed by atoms with Gasteiger partial charge in [-0.25, -0.2) is 0 Å². The standard InChI is InChI=1S/C22H23Cl2NO3/c23-20-2-1-3-21(24)19(20)12-28-18-7-5-13-8-16(6-4-14(13)11-18)25-17-9-15(10-17)22(26)27/h1-3,5,7,11,15-17,25H,4,6,8-10,12H2,(H,26,27)/t15-,16?,17+. The average Bonchev–Trinajstić information content (AvgIpc) is 2.63. The molecule has 0 radical (unpaired) electrons. The minimum absolute atomic E-state index is 0.167. The van der Waals surface area contributed by atoms with E-state index in [1.165, 1.54) is 11.1 Å². The number of aliphatic carboxylic acids is 1. The lowest BCUT2D eigenvalue weighted by Gasteiger charge is -2.37. The van der Waals surface area contributed by atoms with Crippen molar-refractivity contribution in [2.45, 2.75) is 50.8 Å². The van der Waals surface area contributed by atoms with Gasteiger partial charge in [0, 0.05) is 27.7 Å². The summed E-state index contributed by atoms with van der Waals surface area (Å²) in [5, 5.41) is 13.9. The van der Waals surface area contributed by atoms with Gasteiger partial charge in [0.1, 0.15) is 12.4 Å². The highest BCUT2D eigenvalue weighted by atomic mass is 35.5. The first-order valence-electron chi connectivity index (χ1n) is 9.66.